The van der Waals surface area contributed by atoms with Gasteiger partial charge >= 0.3 is 0 Å². The van der Waals surface area contributed by atoms with Crippen LogP contribution in [0.15, 0.2) is 24.3 Å². The minimum absolute atomic E-state index is 0.777. The van der Waals surface area contributed by atoms with E-state index in [-0.39, 0.29) is 0 Å². The van der Waals surface area contributed by atoms with Crippen molar-refractivity contribution in [2.24, 2.45) is 0 Å². The average molecular weight is 364 g/mol. The van der Waals surface area contributed by atoms with E-state index in [9.17, 15) is 5.26 Å². The first-order valence-electron chi connectivity index (χ1n) is 10.2. The van der Waals surface area contributed by atoms with Crippen LogP contribution in [0.4, 0.5) is 5.82 Å². The van der Waals surface area contributed by atoms with E-state index in [0.29, 0.717) is 0 Å². The minimum Gasteiger partial charge on any atom is -0.335 e. The highest BCUT2D eigenvalue weighted by Crippen LogP contribution is 2.32. The number of anilines is 1. The first kappa shape index (κ1) is 17.8. The zero-order valence-corrected chi connectivity index (χ0v) is 16.6. The molecule has 2 N–H and O–H groups in total. The summed E-state index contributed by atoms with van der Waals surface area (Å²) in [6.45, 7) is 12.4. The molecule has 0 fully saturated rings. The molecular formula is C22H29N5+2. The molecule has 0 aliphatic carbocycles. The molecule has 0 amide bonds. The smallest absolute Gasteiger partial charge is 0.250 e. The molecule has 5 nitrogen and oxygen atoms in total. The predicted octanol–water partition coefficient (Wildman–Crippen LogP) is 1.76. The van der Waals surface area contributed by atoms with Crippen LogP contribution in [0.1, 0.15) is 37.0 Å². The molecule has 1 aliphatic rings. The number of pyridine rings is 1. The van der Waals surface area contributed by atoms with Gasteiger partial charge in [-0.1, -0.05) is 12.1 Å². The molecule has 0 saturated carbocycles. The number of para-hydroxylation sites is 2. The van der Waals surface area contributed by atoms with Gasteiger partial charge in [0.2, 0.25) is 11.5 Å². The van der Waals surface area contributed by atoms with Crippen LogP contribution >= 0.6 is 0 Å². The van der Waals surface area contributed by atoms with E-state index in [2.05, 4.69) is 59.3 Å². The quantitative estimate of drug-likeness (QED) is 0.656. The summed E-state index contributed by atoms with van der Waals surface area (Å²) < 4.78 is 2.29. The third-order valence-electron chi connectivity index (χ3n) is 6.17. The average Bonchev–Trinajstić information content (AvgIpc) is 3.27. The molecule has 0 radical (unpaired) electrons. The van der Waals surface area contributed by atoms with Crippen LogP contribution in [0, 0.1) is 18.3 Å². The van der Waals surface area contributed by atoms with Crippen LogP contribution in [0.5, 0.6) is 0 Å². The maximum absolute atomic E-state index is 9.80. The highest BCUT2D eigenvalue weighted by Gasteiger charge is 2.33. The fourth-order valence-corrected chi connectivity index (χ4v) is 4.57. The van der Waals surface area contributed by atoms with E-state index >= 15 is 0 Å². The Morgan fingerprint density at radius 1 is 1.26 bits per heavy atom. The van der Waals surface area contributed by atoms with Gasteiger partial charge in [0, 0.05) is 18.4 Å². The van der Waals surface area contributed by atoms with Crippen molar-refractivity contribution in [1.82, 2.24) is 4.98 Å². The lowest BCUT2D eigenvalue weighted by Gasteiger charge is -2.19. The number of H-pyrrole nitrogens is 1. The first-order chi connectivity index (χ1) is 13.2. The Labute approximate surface area is 160 Å². The molecule has 0 bridgehead atoms. The number of nitriles is 1. The maximum atomic E-state index is 9.80. The van der Waals surface area contributed by atoms with Crippen molar-refractivity contribution in [1.29, 1.82) is 5.26 Å². The summed E-state index contributed by atoms with van der Waals surface area (Å²) in [5, 5.41) is 9.80. The van der Waals surface area contributed by atoms with Gasteiger partial charge in [-0.15, -0.1) is 0 Å². The summed E-state index contributed by atoms with van der Waals surface area (Å²) in [5.41, 5.74) is 6.42. The molecule has 0 saturated heterocycles. The molecule has 5 heteroatoms. The maximum Gasteiger partial charge on any atom is 0.250 e. The number of rotatable bonds is 6. The van der Waals surface area contributed by atoms with Crippen LogP contribution in [-0.2, 0) is 6.42 Å². The van der Waals surface area contributed by atoms with E-state index < -0.39 is 0 Å². The minimum atomic E-state index is 0.777. The number of aromatic nitrogens is 2. The second-order valence-electron chi connectivity index (χ2n) is 7.54. The molecular weight excluding hydrogens is 334 g/mol. The lowest BCUT2D eigenvalue weighted by atomic mass is 10.0. The van der Waals surface area contributed by atoms with Crippen molar-refractivity contribution < 1.29 is 9.30 Å². The lowest BCUT2D eigenvalue weighted by molar-refractivity contribution is -0.896. The third-order valence-corrected chi connectivity index (χ3v) is 6.17. The highest BCUT2D eigenvalue weighted by atomic mass is 15.3. The van der Waals surface area contributed by atoms with E-state index in [1.54, 1.807) is 4.90 Å². The van der Waals surface area contributed by atoms with Crippen LogP contribution in [-0.4, -0.2) is 37.7 Å². The van der Waals surface area contributed by atoms with E-state index in [0.717, 1.165) is 47.3 Å². The Bertz CT molecular complexity index is 1020. The first-order valence-corrected chi connectivity index (χ1v) is 10.2. The van der Waals surface area contributed by atoms with Crippen LogP contribution < -0.4 is 14.2 Å². The van der Waals surface area contributed by atoms with Crippen molar-refractivity contribution >= 4 is 22.5 Å². The summed E-state index contributed by atoms with van der Waals surface area (Å²) in [4.78, 5) is 7.68. The van der Waals surface area contributed by atoms with E-state index in [1.165, 1.54) is 37.4 Å². The van der Waals surface area contributed by atoms with Gasteiger partial charge in [-0.3, -0.25) is 9.88 Å². The molecule has 1 aliphatic heterocycles. The number of hydrogen-bond donors (Lipinski definition) is 2. The van der Waals surface area contributed by atoms with E-state index in [4.69, 9.17) is 0 Å². The lowest BCUT2D eigenvalue weighted by Crippen LogP contribution is -3.11. The summed E-state index contributed by atoms with van der Waals surface area (Å²) >= 11 is 0. The molecule has 2 aromatic heterocycles. The topological polar surface area (TPSA) is 51.4 Å². The Hall–Kier alpha value is -2.58. The Kier molecular flexibility index (Phi) is 4.75. The number of imidazole rings is 1. The number of benzene rings is 1. The molecule has 3 aromatic rings. The molecule has 0 unspecified atom stereocenters. The second-order valence-corrected chi connectivity index (χ2v) is 7.54. The van der Waals surface area contributed by atoms with Crippen molar-refractivity contribution in [3.8, 4) is 6.07 Å². The van der Waals surface area contributed by atoms with Crippen LogP contribution in [0.25, 0.3) is 16.7 Å². The fraction of sp³-hybridized carbons (Fsp3) is 0.455. The number of quaternary nitrogens is 1. The van der Waals surface area contributed by atoms with Crippen LogP contribution in [0.3, 0.4) is 0 Å². The molecule has 27 heavy (non-hydrogen) atoms. The summed E-state index contributed by atoms with van der Waals surface area (Å²) in [6, 6.07) is 10.8. The molecule has 4 rings (SSSR count). The van der Waals surface area contributed by atoms with Gasteiger partial charge in [-0.25, -0.2) is 0 Å². The number of fused-ring (bicyclic) bond motifs is 5. The van der Waals surface area contributed by atoms with Crippen molar-refractivity contribution in [2.75, 3.05) is 37.6 Å². The van der Waals surface area contributed by atoms with Gasteiger partial charge in [0.1, 0.15) is 22.7 Å². The summed E-state index contributed by atoms with van der Waals surface area (Å²) in [5.74, 6) is 1.29. The number of nitrogens with one attached hydrogen (secondary N) is 2. The largest absolute Gasteiger partial charge is 0.335 e. The summed E-state index contributed by atoms with van der Waals surface area (Å²) in [6.07, 6.45) is 2.22. The van der Waals surface area contributed by atoms with E-state index in [1.807, 2.05) is 6.07 Å². The Balaban J connectivity index is 1.80. The monoisotopic (exact) mass is 363 g/mol. The van der Waals surface area contributed by atoms with Crippen molar-refractivity contribution in [3.05, 3.63) is 41.0 Å². The fourth-order valence-electron chi connectivity index (χ4n) is 4.57. The van der Waals surface area contributed by atoms with Gasteiger partial charge in [0.15, 0.2) is 0 Å². The summed E-state index contributed by atoms with van der Waals surface area (Å²) in [7, 11) is 0. The Morgan fingerprint density at radius 2 is 2.04 bits per heavy atom. The molecule has 1 aromatic carbocycles. The number of hydrogen-bond acceptors (Lipinski definition) is 2. The van der Waals surface area contributed by atoms with Crippen molar-refractivity contribution in [3.63, 3.8) is 0 Å². The highest BCUT2D eigenvalue weighted by molar-refractivity contribution is 5.78. The predicted molar refractivity (Wildman–Crippen MR) is 108 cm³/mol. The van der Waals surface area contributed by atoms with Gasteiger partial charge in [-0.2, -0.15) is 9.66 Å². The second kappa shape index (κ2) is 7.21. The standard InChI is InChI=1S/C22H27N5/c1-4-25(5-2)12-8-13-26-14-11-17-16(3)18(15-23)21-24-19-9-6-7-10-20(19)27(21)22(17)26/h6-7,9-10H,4-5,8,11-14H2,1-3H3/p+2. The third kappa shape index (κ3) is 2.85. The van der Waals surface area contributed by atoms with Crippen molar-refractivity contribution in [2.45, 2.75) is 33.6 Å². The number of nitrogens with zero attached hydrogens (tertiary/aromatic N) is 3. The molecule has 3 heterocycles. The van der Waals surface area contributed by atoms with Gasteiger partial charge in [0.25, 0.3) is 0 Å². The normalized spacial score (nSPS) is 13.7. The Morgan fingerprint density at radius 3 is 2.78 bits per heavy atom. The van der Waals surface area contributed by atoms with Gasteiger partial charge in [-0.05, 0) is 38.5 Å². The van der Waals surface area contributed by atoms with Gasteiger partial charge in [0.05, 0.1) is 32.7 Å². The zero-order valence-electron chi connectivity index (χ0n) is 16.6. The molecule has 140 valence electrons. The molecule has 0 spiro atoms. The number of aromatic amines is 1. The van der Waals surface area contributed by atoms with Crippen LogP contribution in [0.2, 0.25) is 0 Å². The SMILES string of the molecule is CC[NH+](CC)CCCN1CCc2c(C)c(C#N)c3[nH]c4ccccc4[n+]3c21. The zero-order chi connectivity index (χ0) is 19.0. The van der Waals surface area contributed by atoms with Gasteiger partial charge < -0.3 is 4.90 Å². The molecule has 0 atom stereocenters.